The van der Waals surface area contributed by atoms with Crippen molar-refractivity contribution in [1.82, 2.24) is 14.9 Å². The van der Waals surface area contributed by atoms with Crippen molar-refractivity contribution >= 4 is 34.3 Å². The first-order valence-corrected chi connectivity index (χ1v) is 10.4. The van der Waals surface area contributed by atoms with Crippen LogP contribution in [0.3, 0.4) is 0 Å². The van der Waals surface area contributed by atoms with E-state index in [4.69, 9.17) is 9.47 Å². The Balaban J connectivity index is 1.61. The molecule has 0 unspecified atom stereocenters. The molecule has 0 amide bonds. The summed E-state index contributed by atoms with van der Waals surface area (Å²) in [7, 11) is 3.62. The molecule has 158 valence electrons. The first kappa shape index (κ1) is 20.2. The first-order valence-electron chi connectivity index (χ1n) is 10.4. The third-order valence-corrected chi connectivity index (χ3v) is 5.58. The predicted octanol–water partition coefficient (Wildman–Crippen LogP) is 4.20. The molecule has 0 spiro atoms. The smallest absolute Gasteiger partial charge is 0.163 e. The third kappa shape index (κ3) is 4.11. The number of nitrogens with one attached hydrogen (secondary N) is 1. The normalized spacial score (nSPS) is 14.7. The number of methoxy groups -OCH3 is 1. The van der Waals surface area contributed by atoms with Crippen molar-refractivity contribution in [3.63, 3.8) is 0 Å². The fourth-order valence-corrected chi connectivity index (χ4v) is 4.07. The summed E-state index contributed by atoms with van der Waals surface area (Å²) in [5.74, 6) is 2.32. The molecular weight excluding hydrogens is 378 g/mol. The Morgan fingerprint density at radius 1 is 1.27 bits per heavy atom. The van der Waals surface area contributed by atoms with E-state index in [0.29, 0.717) is 6.61 Å². The second-order valence-corrected chi connectivity index (χ2v) is 7.57. The van der Waals surface area contributed by atoms with Crippen molar-refractivity contribution in [2.24, 2.45) is 4.99 Å². The van der Waals surface area contributed by atoms with Crippen LogP contribution in [0.5, 0.6) is 11.5 Å². The average Bonchev–Trinajstić information content (AvgIpc) is 3.41. The number of rotatable bonds is 9. The standard InChI is InChI=1S/C23H29N5O2/c1-24-9-13-27(2)23-22-17-15-20(29-3)21(16-19(17)26-18(22)7-8-25-23)30-14-6-12-28-10-4-5-11-28/h7-9,13,15-16,26H,1,4-6,10-12,14H2,2-3H3/b13-9-. The van der Waals surface area contributed by atoms with E-state index in [9.17, 15) is 0 Å². The van der Waals surface area contributed by atoms with Crippen LogP contribution in [0.2, 0.25) is 0 Å². The van der Waals surface area contributed by atoms with Crippen LogP contribution in [0.1, 0.15) is 19.3 Å². The lowest BCUT2D eigenvalue weighted by Crippen LogP contribution is -2.21. The van der Waals surface area contributed by atoms with Crippen LogP contribution >= 0.6 is 0 Å². The van der Waals surface area contributed by atoms with Gasteiger partial charge in [-0.05, 0) is 51.2 Å². The van der Waals surface area contributed by atoms with Crippen molar-refractivity contribution in [3.05, 3.63) is 36.8 Å². The van der Waals surface area contributed by atoms with Gasteiger partial charge in [-0.25, -0.2) is 4.98 Å². The summed E-state index contributed by atoms with van der Waals surface area (Å²) in [5, 5.41) is 2.07. The molecule has 0 saturated carbocycles. The number of ether oxygens (including phenoxy) is 2. The molecule has 0 radical (unpaired) electrons. The molecule has 1 saturated heterocycles. The molecular formula is C23H29N5O2. The summed E-state index contributed by atoms with van der Waals surface area (Å²) >= 11 is 0. The summed E-state index contributed by atoms with van der Waals surface area (Å²) in [4.78, 5) is 16.3. The van der Waals surface area contributed by atoms with E-state index >= 15 is 0 Å². The highest BCUT2D eigenvalue weighted by Gasteiger charge is 2.16. The maximum atomic E-state index is 6.09. The molecule has 0 aliphatic carbocycles. The van der Waals surface area contributed by atoms with E-state index in [0.717, 1.165) is 52.1 Å². The van der Waals surface area contributed by atoms with Crippen molar-refractivity contribution in [2.45, 2.75) is 19.3 Å². The van der Waals surface area contributed by atoms with Crippen LogP contribution in [0.4, 0.5) is 5.82 Å². The Hall–Kier alpha value is -3.06. The first-order chi connectivity index (χ1) is 14.7. The second-order valence-electron chi connectivity index (χ2n) is 7.57. The predicted molar refractivity (Wildman–Crippen MR) is 123 cm³/mol. The Bertz CT molecular complexity index is 1050. The monoisotopic (exact) mass is 407 g/mol. The minimum Gasteiger partial charge on any atom is -0.493 e. The third-order valence-electron chi connectivity index (χ3n) is 5.58. The molecule has 7 nitrogen and oxygen atoms in total. The van der Waals surface area contributed by atoms with Gasteiger partial charge < -0.3 is 24.3 Å². The largest absolute Gasteiger partial charge is 0.493 e. The molecule has 2 aromatic heterocycles. The fourth-order valence-electron chi connectivity index (χ4n) is 4.07. The van der Waals surface area contributed by atoms with E-state index in [1.165, 1.54) is 25.9 Å². The molecule has 1 aliphatic heterocycles. The van der Waals surface area contributed by atoms with Gasteiger partial charge in [0.2, 0.25) is 0 Å². The molecule has 3 aromatic rings. The topological polar surface area (TPSA) is 66.0 Å². The summed E-state index contributed by atoms with van der Waals surface area (Å²) in [6, 6.07) is 6.03. The number of aliphatic imine (C=N–C) groups is 1. The number of nitrogens with zero attached hydrogens (tertiary/aromatic N) is 4. The highest BCUT2D eigenvalue weighted by atomic mass is 16.5. The molecule has 1 aliphatic rings. The maximum absolute atomic E-state index is 6.09. The highest BCUT2D eigenvalue weighted by molar-refractivity contribution is 6.13. The molecule has 3 heterocycles. The lowest BCUT2D eigenvalue weighted by Gasteiger charge is -2.16. The number of aromatic nitrogens is 2. The van der Waals surface area contributed by atoms with Gasteiger partial charge in [-0.2, -0.15) is 0 Å². The molecule has 1 N–H and O–H groups in total. The summed E-state index contributed by atoms with van der Waals surface area (Å²) < 4.78 is 11.7. The fraction of sp³-hybridized carbons (Fsp3) is 0.391. The van der Waals surface area contributed by atoms with Gasteiger partial charge in [0.1, 0.15) is 5.82 Å². The van der Waals surface area contributed by atoms with Gasteiger partial charge in [-0.3, -0.25) is 4.99 Å². The number of fused-ring (bicyclic) bond motifs is 3. The SMILES string of the molecule is C=N/C=C\N(C)c1nccc2[nH]c3cc(OCCCN4CCCC4)c(OC)cc3c12. The number of H-pyrrole nitrogens is 1. The summed E-state index contributed by atoms with van der Waals surface area (Å²) in [5.41, 5.74) is 2.00. The van der Waals surface area contributed by atoms with Crippen molar-refractivity contribution in [1.29, 1.82) is 0 Å². The minimum atomic E-state index is 0.674. The van der Waals surface area contributed by atoms with Crippen LogP contribution in [0.25, 0.3) is 21.8 Å². The van der Waals surface area contributed by atoms with E-state index in [1.54, 1.807) is 19.5 Å². The Morgan fingerprint density at radius 3 is 2.87 bits per heavy atom. The molecule has 1 aromatic carbocycles. The van der Waals surface area contributed by atoms with Crippen molar-refractivity contribution in [3.8, 4) is 11.5 Å². The van der Waals surface area contributed by atoms with Gasteiger partial charge in [-0.15, -0.1) is 0 Å². The zero-order valence-electron chi connectivity index (χ0n) is 17.7. The Morgan fingerprint density at radius 2 is 2.10 bits per heavy atom. The Kier molecular flexibility index (Phi) is 6.18. The molecule has 1 fully saturated rings. The number of aromatic amines is 1. The van der Waals surface area contributed by atoms with E-state index < -0.39 is 0 Å². The number of pyridine rings is 1. The van der Waals surface area contributed by atoms with E-state index in [-0.39, 0.29) is 0 Å². The quantitative estimate of drug-likeness (QED) is 0.425. The minimum absolute atomic E-state index is 0.674. The maximum Gasteiger partial charge on any atom is 0.163 e. The lowest BCUT2D eigenvalue weighted by molar-refractivity contribution is 0.254. The van der Waals surface area contributed by atoms with Gasteiger partial charge in [0.15, 0.2) is 11.5 Å². The summed E-state index contributed by atoms with van der Waals surface area (Å²) in [6.45, 7) is 7.68. The van der Waals surface area contributed by atoms with Crippen LogP contribution < -0.4 is 14.4 Å². The number of benzene rings is 1. The van der Waals surface area contributed by atoms with Gasteiger partial charge >= 0.3 is 0 Å². The van der Waals surface area contributed by atoms with Crippen molar-refractivity contribution < 1.29 is 9.47 Å². The lowest BCUT2D eigenvalue weighted by atomic mass is 10.1. The van der Waals surface area contributed by atoms with Gasteiger partial charge in [0.05, 0.1) is 30.1 Å². The summed E-state index contributed by atoms with van der Waals surface area (Å²) in [6.07, 6.45) is 8.92. The number of likely N-dealkylation sites (tertiary alicyclic amines) is 1. The van der Waals surface area contributed by atoms with E-state index in [2.05, 4.69) is 26.6 Å². The zero-order valence-corrected chi connectivity index (χ0v) is 17.7. The highest BCUT2D eigenvalue weighted by Crippen LogP contribution is 2.38. The Labute approximate surface area is 177 Å². The molecule has 0 atom stereocenters. The van der Waals surface area contributed by atoms with Gasteiger partial charge in [-0.1, -0.05) is 0 Å². The van der Waals surface area contributed by atoms with E-state index in [1.807, 2.05) is 36.3 Å². The van der Waals surface area contributed by atoms with Gasteiger partial charge in [0, 0.05) is 43.6 Å². The number of hydrogen-bond acceptors (Lipinski definition) is 6. The molecule has 7 heteroatoms. The van der Waals surface area contributed by atoms with Gasteiger partial charge in [0.25, 0.3) is 0 Å². The van der Waals surface area contributed by atoms with Crippen LogP contribution in [0.15, 0.2) is 41.8 Å². The molecule has 0 bridgehead atoms. The second kappa shape index (κ2) is 9.17. The van der Waals surface area contributed by atoms with Crippen LogP contribution in [-0.2, 0) is 0 Å². The molecule has 30 heavy (non-hydrogen) atoms. The zero-order chi connectivity index (χ0) is 20.9. The molecule has 4 rings (SSSR count). The number of hydrogen-bond donors (Lipinski definition) is 1. The number of anilines is 1. The average molecular weight is 408 g/mol. The van der Waals surface area contributed by atoms with Crippen LogP contribution in [-0.4, -0.2) is 62.0 Å². The van der Waals surface area contributed by atoms with Crippen LogP contribution in [0, 0.1) is 0 Å². The van der Waals surface area contributed by atoms with Crippen molar-refractivity contribution in [2.75, 3.05) is 45.3 Å².